The van der Waals surface area contributed by atoms with Crippen LogP contribution in [0.2, 0.25) is 0 Å². The van der Waals surface area contributed by atoms with Gasteiger partial charge in [0.1, 0.15) is 12.3 Å². The Balaban J connectivity index is 1.82. The van der Waals surface area contributed by atoms with Gasteiger partial charge in [-0.1, -0.05) is 12.1 Å². The third-order valence-corrected chi connectivity index (χ3v) is 4.78. The summed E-state index contributed by atoms with van der Waals surface area (Å²) >= 11 is 0. The number of hydrogen-bond acceptors (Lipinski definition) is 5. The quantitative estimate of drug-likeness (QED) is 0.871. The number of nitrogens with zero attached hydrogens (tertiary/aromatic N) is 4. The normalized spacial score (nSPS) is 19.4. The third-order valence-electron chi connectivity index (χ3n) is 4.78. The van der Waals surface area contributed by atoms with E-state index in [0.29, 0.717) is 24.4 Å². The van der Waals surface area contributed by atoms with Crippen LogP contribution in [0, 0.1) is 17.2 Å². The lowest BCUT2D eigenvalue weighted by molar-refractivity contribution is -0.140. The van der Waals surface area contributed by atoms with Gasteiger partial charge in [0.2, 0.25) is 11.8 Å². The van der Waals surface area contributed by atoms with Gasteiger partial charge in [-0.05, 0) is 24.1 Å². The van der Waals surface area contributed by atoms with Gasteiger partial charge in [-0.2, -0.15) is 10.4 Å². The fourth-order valence-corrected chi connectivity index (χ4v) is 3.38. The van der Waals surface area contributed by atoms with Crippen molar-refractivity contribution in [1.82, 2.24) is 14.7 Å². The zero-order chi connectivity index (χ0) is 19.4. The van der Waals surface area contributed by atoms with Crippen molar-refractivity contribution in [3.63, 3.8) is 0 Å². The second-order valence-electron chi connectivity index (χ2n) is 6.41. The van der Waals surface area contributed by atoms with Crippen molar-refractivity contribution < 1.29 is 14.3 Å². The number of aromatic nitrogens is 2. The van der Waals surface area contributed by atoms with Crippen LogP contribution in [-0.4, -0.2) is 40.7 Å². The molecule has 0 radical (unpaired) electrons. The predicted molar refractivity (Wildman–Crippen MR) is 97.7 cm³/mol. The summed E-state index contributed by atoms with van der Waals surface area (Å²) in [7, 11) is 3.31. The summed E-state index contributed by atoms with van der Waals surface area (Å²) in [4.78, 5) is 26.8. The van der Waals surface area contributed by atoms with Crippen molar-refractivity contribution in [2.45, 2.75) is 25.4 Å². The highest BCUT2D eigenvalue weighted by molar-refractivity contribution is 5.94. The molecule has 1 aromatic heterocycles. The summed E-state index contributed by atoms with van der Waals surface area (Å²) in [5.41, 5.74) is 0.876. The zero-order valence-corrected chi connectivity index (χ0v) is 15.3. The number of hydrogen-bond donors (Lipinski definition) is 1. The molecule has 1 aromatic carbocycles. The Morgan fingerprint density at radius 3 is 2.78 bits per heavy atom. The number of ether oxygens (including phenoxy) is 1. The first-order valence-electron chi connectivity index (χ1n) is 8.64. The SMILES string of the molecule is COc1ccc(C2C(C(=O)Nc3ccn(CC#N)n3)CCC(=O)N2C)cc1. The molecule has 2 amide bonds. The number of benzene rings is 1. The van der Waals surface area contributed by atoms with Crippen molar-refractivity contribution in [2.24, 2.45) is 5.92 Å². The van der Waals surface area contributed by atoms with Crippen molar-refractivity contribution >= 4 is 17.6 Å². The number of nitrogens with one attached hydrogen (secondary N) is 1. The molecular formula is C19H21N5O3. The van der Waals surface area contributed by atoms with Crippen molar-refractivity contribution in [3.8, 4) is 11.8 Å². The van der Waals surface area contributed by atoms with Crippen LogP contribution in [0.1, 0.15) is 24.4 Å². The number of anilines is 1. The number of piperidine rings is 1. The van der Waals surface area contributed by atoms with Crippen LogP contribution in [0.4, 0.5) is 5.82 Å². The molecule has 2 unspecified atom stereocenters. The Bertz CT molecular complexity index is 868. The van der Waals surface area contributed by atoms with Crippen molar-refractivity contribution in [1.29, 1.82) is 5.26 Å². The maximum absolute atomic E-state index is 12.9. The molecule has 0 aliphatic carbocycles. The van der Waals surface area contributed by atoms with Gasteiger partial charge in [0, 0.05) is 25.7 Å². The molecule has 1 fully saturated rings. The Labute approximate surface area is 157 Å². The average molecular weight is 367 g/mol. The first-order chi connectivity index (χ1) is 13.0. The monoisotopic (exact) mass is 367 g/mol. The van der Waals surface area contributed by atoms with Crippen LogP contribution in [-0.2, 0) is 16.1 Å². The molecule has 8 heteroatoms. The lowest BCUT2D eigenvalue weighted by Crippen LogP contribution is -2.44. The van der Waals surface area contributed by atoms with Crippen LogP contribution < -0.4 is 10.1 Å². The van der Waals surface area contributed by atoms with Crippen molar-refractivity contribution in [2.75, 3.05) is 19.5 Å². The topological polar surface area (TPSA) is 100 Å². The molecule has 140 valence electrons. The van der Waals surface area contributed by atoms with Crippen LogP contribution in [0.15, 0.2) is 36.5 Å². The van der Waals surface area contributed by atoms with Gasteiger partial charge in [-0.15, -0.1) is 0 Å². The van der Waals surface area contributed by atoms with Crippen LogP contribution in [0.5, 0.6) is 5.75 Å². The van der Waals surface area contributed by atoms with Gasteiger partial charge in [0.25, 0.3) is 0 Å². The number of rotatable bonds is 5. The minimum atomic E-state index is -0.401. The Kier molecular flexibility index (Phi) is 5.41. The van der Waals surface area contributed by atoms with Gasteiger partial charge >= 0.3 is 0 Å². The molecule has 1 saturated heterocycles. The molecule has 1 aliphatic heterocycles. The van der Waals surface area contributed by atoms with Gasteiger partial charge in [0.05, 0.1) is 25.1 Å². The molecule has 3 rings (SSSR count). The van der Waals surface area contributed by atoms with E-state index < -0.39 is 5.92 Å². The first kappa shape index (κ1) is 18.5. The fourth-order valence-electron chi connectivity index (χ4n) is 3.38. The maximum atomic E-state index is 12.9. The number of likely N-dealkylation sites (tertiary alicyclic amines) is 1. The smallest absolute Gasteiger partial charge is 0.231 e. The fraction of sp³-hybridized carbons (Fsp3) is 0.368. The molecule has 2 heterocycles. The van der Waals surface area contributed by atoms with Gasteiger partial charge in [0.15, 0.2) is 5.82 Å². The van der Waals surface area contributed by atoms with Gasteiger partial charge in [-0.25, -0.2) is 0 Å². The minimum absolute atomic E-state index is 0.0122. The third kappa shape index (κ3) is 3.92. The standard InChI is InChI=1S/C19H21N5O3/c1-23-17(25)8-7-15(18(23)13-3-5-14(27-2)6-4-13)19(26)21-16-9-11-24(22-16)12-10-20/h3-6,9,11,15,18H,7-8,12H2,1-2H3,(H,21,22,26). The Morgan fingerprint density at radius 2 is 2.11 bits per heavy atom. The number of nitriles is 1. The average Bonchev–Trinajstić information content (AvgIpc) is 3.11. The van der Waals surface area contributed by atoms with E-state index in [1.54, 1.807) is 31.3 Å². The summed E-state index contributed by atoms with van der Waals surface area (Å²) < 4.78 is 6.64. The van der Waals surface area contributed by atoms with E-state index in [1.165, 1.54) is 4.68 Å². The number of carbonyl (C=O) groups is 2. The van der Waals surface area contributed by atoms with E-state index in [2.05, 4.69) is 10.4 Å². The second kappa shape index (κ2) is 7.91. The number of carbonyl (C=O) groups excluding carboxylic acids is 2. The molecule has 1 aliphatic rings. The van der Waals surface area contributed by atoms with E-state index >= 15 is 0 Å². The van der Waals surface area contributed by atoms with Crippen LogP contribution >= 0.6 is 0 Å². The Morgan fingerprint density at radius 1 is 1.37 bits per heavy atom. The summed E-state index contributed by atoms with van der Waals surface area (Å²) in [5, 5.41) is 15.7. The summed E-state index contributed by atoms with van der Waals surface area (Å²) in [6.07, 6.45) is 2.42. The lowest BCUT2D eigenvalue weighted by atomic mass is 9.84. The summed E-state index contributed by atoms with van der Waals surface area (Å²) in [6.45, 7) is 0.116. The van der Waals surface area contributed by atoms with E-state index in [-0.39, 0.29) is 24.4 Å². The number of amides is 2. The van der Waals surface area contributed by atoms with Crippen LogP contribution in [0.25, 0.3) is 0 Å². The minimum Gasteiger partial charge on any atom is -0.497 e. The molecule has 0 saturated carbocycles. The second-order valence-corrected chi connectivity index (χ2v) is 6.41. The van der Waals surface area contributed by atoms with E-state index in [4.69, 9.17) is 10.00 Å². The molecule has 2 atom stereocenters. The highest BCUT2D eigenvalue weighted by Gasteiger charge is 2.39. The molecular weight excluding hydrogens is 346 g/mol. The lowest BCUT2D eigenvalue weighted by Gasteiger charge is -2.38. The summed E-state index contributed by atoms with van der Waals surface area (Å²) in [5.74, 6) is 0.522. The van der Waals surface area contributed by atoms with Gasteiger partial charge in [-0.3, -0.25) is 14.3 Å². The highest BCUT2D eigenvalue weighted by atomic mass is 16.5. The molecule has 0 bridgehead atoms. The molecule has 8 nitrogen and oxygen atoms in total. The Hall–Kier alpha value is -3.34. The molecule has 2 aromatic rings. The van der Waals surface area contributed by atoms with E-state index in [0.717, 1.165) is 5.56 Å². The predicted octanol–water partition coefficient (Wildman–Crippen LogP) is 1.96. The van der Waals surface area contributed by atoms with Crippen molar-refractivity contribution in [3.05, 3.63) is 42.1 Å². The zero-order valence-electron chi connectivity index (χ0n) is 15.3. The molecule has 27 heavy (non-hydrogen) atoms. The highest BCUT2D eigenvalue weighted by Crippen LogP contribution is 2.37. The van der Waals surface area contributed by atoms with E-state index in [9.17, 15) is 9.59 Å². The maximum Gasteiger partial charge on any atom is 0.231 e. The van der Waals surface area contributed by atoms with Gasteiger partial charge < -0.3 is 15.0 Å². The first-order valence-corrected chi connectivity index (χ1v) is 8.64. The molecule has 1 N–H and O–H groups in total. The van der Waals surface area contributed by atoms with E-state index in [1.807, 2.05) is 30.3 Å². The molecule has 0 spiro atoms. The summed E-state index contributed by atoms with van der Waals surface area (Å²) in [6, 6.07) is 10.7. The van der Waals surface area contributed by atoms with Crippen LogP contribution in [0.3, 0.4) is 0 Å². The number of methoxy groups -OCH3 is 1. The largest absolute Gasteiger partial charge is 0.497 e.